The first kappa shape index (κ1) is 12.8. The molecular formula is C14H20N4. The molecule has 4 heteroatoms. The molecule has 1 aromatic heterocycles. The minimum Gasteiger partial charge on any atom is -0.353 e. The van der Waals surface area contributed by atoms with E-state index in [0.29, 0.717) is 17.6 Å². The van der Waals surface area contributed by atoms with Crippen molar-refractivity contribution in [2.24, 2.45) is 0 Å². The minimum absolute atomic E-state index is 0.501. The van der Waals surface area contributed by atoms with Crippen molar-refractivity contribution in [1.29, 1.82) is 5.26 Å². The topological polar surface area (TPSA) is 43.2 Å². The highest BCUT2D eigenvalue weighted by Gasteiger charge is 2.27. The Morgan fingerprint density at radius 2 is 1.89 bits per heavy atom. The molecule has 1 aromatic rings. The standard InChI is InChI=1S/C14H20N4/c1-10-5-13(7-15)6-14(16-10)18-8-11(2)17(4)12(3)9-18/h5-6,11-12H,8-9H2,1-4H3. The second-order valence-corrected chi connectivity index (χ2v) is 5.24. The number of anilines is 1. The lowest BCUT2D eigenvalue weighted by atomic mass is 10.1. The molecule has 0 radical (unpaired) electrons. The number of hydrogen-bond acceptors (Lipinski definition) is 4. The Bertz CT molecular complexity index is 465. The maximum Gasteiger partial charge on any atom is 0.130 e. The van der Waals surface area contributed by atoms with Crippen LogP contribution in [0.3, 0.4) is 0 Å². The SMILES string of the molecule is Cc1cc(C#N)cc(N2CC(C)N(C)C(C)C2)n1. The van der Waals surface area contributed by atoms with Gasteiger partial charge in [-0.15, -0.1) is 0 Å². The van der Waals surface area contributed by atoms with Crippen molar-refractivity contribution in [2.75, 3.05) is 25.0 Å². The van der Waals surface area contributed by atoms with Crippen molar-refractivity contribution in [3.05, 3.63) is 23.4 Å². The zero-order chi connectivity index (χ0) is 13.3. The Labute approximate surface area is 109 Å². The minimum atomic E-state index is 0.501. The Balaban J connectivity index is 2.27. The second-order valence-electron chi connectivity index (χ2n) is 5.24. The molecule has 2 unspecified atom stereocenters. The highest BCUT2D eigenvalue weighted by Crippen LogP contribution is 2.21. The van der Waals surface area contributed by atoms with Gasteiger partial charge in [0.15, 0.2) is 0 Å². The van der Waals surface area contributed by atoms with Crippen LogP contribution >= 0.6 is 0 Å². The molecular weight excluding hydrogens is 224 g/mol. The average Bonchev–Trinajstić information content (AvgIpc) is 2.34. The van der Waals surface area contributed by atoms with Crippen molar-refractivity contribution in [2.45, 2.75) is 32.9 Å². The number of nitriles is 1. The van der Waals surface area contributed by atoms with E-state index in [9.17, 15) is 0 Å². The molecule has 1 fully saturated rings. The molecule has 1 aliphatic rings. The van der Waals surface area contributed by atoms with Crippen molar-refractivity contribution in [3.63, 3.8) is 0 Å². The molecule has 2 atom stereocenters. The fraction of sp³-hybridized carbons (Fsp3) is 0.571. The lowest BCUT2D eigenvalue weighted by Gasteiger charge is -2.43. The van der Waals surface area contributed by atoms with E-state index < -0.39 is 0 Å². The summed E-state index contributed by atoms with van der Waals surface area (Å²) in [6, 6.07) is 6.92. The summed E-state index contributed by atoms with van der Waals surface area (Å²) in [5.41, 5.74) is 1.60. The van der Waals surface area contributed by atoms with Gasteiger partial charge >= 0.3 is 0 Å². The zero-order valence-corrected chi connectivity index (χ0v) is 11.5. The third-order valence-electron chi connectivity index (χ3n) is 3.75. The van der Waals surface area contributed by atoms with Gasteiger partial charge in [0.1, 0.15) is 5.82 Å². The molecule has 2 heterocycles. The average molecular weight is 244 g/mol. The molecule has 96 valence electrons. The number of nitrogens with zero attached hydrogens (tertiary/aromatic N) is 4. The molecule has 18 heavy (non-hydrogen) atoms. The van der Waals surface area contributed by atoms with Gasteiger partial charge in [0, 0.05) is 30.9 Å². The van der Waals surface area contributed by atoms with Crippen LogP contribution in [0.2, 0.25) is 0 Å². The summed E-state index contributed by atoms with van der Waals surface area (Å²) in [6.45, 7) is 8.31. The fourth-order valence-electron chi connectivity index (χ4n) is 2.47. The fourth-order valence-corrected chi connectivity index (χ4v) is 2.47. The summed E-state index contributed by atoms with van der Waals surface area (Å²) in [4.78, 5) is 9.22. The van der Waals surface area contributed by atoms with E-state index in [1.807, 2.05) is 19.1 Å². The molecule has 4 nitrogen and oxygen atoms in total. The Hall–Kier alpha value is -1.60. The number of aromatic nitrogens is 1. The van der Waals surface area contributed by atoms with Crippen molar-refractivity contribution in [1.82, 2.24) is 9.88 Å². The van der Waals surface area contributed by atoms with Crippen LogP contribution in [0.4, 0.5) is 5.82 Å². The first-order valence-corrected chi connectivity index (χ1v) is 6.37. The van der Waals surface area contributed by atoms with Crippen LogP contribution in [0.25, 0.3) is 0 Å². The Morgan fingerprint density at radius 1 is 1.28 bits per heavy atom. The van der Waals surface area contributed by atoms with E-state index in [0.717, 1.165) is 24.6 Å². The van der Waals surface area contributed by atoms with Crippen LogP contribution in [-0.2, 0) is 0 Å². The zero-order valence-electron chi connectivity index (χ0n) is 11.5. The second kappa shape index (κ2) is 4.95. The smallest absolute Gasteiger partial charge is 0.130 e. The van der Waals surface area contributed by atoms with Crippen LogP contribution in [0.1, 0.15) is 25.1 Å². The highest BCUT2D eigenvalue weighted by molar-refractivity contribution is 5.47. The largest absolute Gasteiger partial charge is 0.353 e. The van der Waals surface area contributed by atoms with Crippen LogP contribution in [-0.4, -0.2) is 42.1 Å². The molecule has 0 N–H and O–H groups in total. The van der Waals surface area contributed by atoms with Crippen LogP contribution in [0.15, 0.2) is 12.1 Å². The third kappa shape index (κ3) is 2.46. The molecule has 0 spiro atoms. The molecule has 1 aliphatic heterocycles. The lowest BCUT2D eigenvalue weighted by Crippen LogP contribution is -2.55. The summed E-state index contributed by atoms with van der Waals surface area (Å²) >= 11 is 0. The van der Waals surface area contributed by atoms with Gasteiger partial charge in [-0.3, -0.25) is 4.90 Å². The molecule has 0 amide bonds. The number of pyridine rings is 1. The summed E-state index contributed by atoms with van der Waals surface area (Å²) in [5.74, 6) is 0.929. The number of hydrogen-bond donors (Lipinski definition) is 0. The van der Waals surface area contributed by atoms with Crippen molar-refractivity contribution >= 4 is 5.82 Å². The van der Waals surface area contributed by atoms with Gasteiger partial charge in [-0.05, 0) is 40.0 Å². The quantitative estimate of drug-likeness (QED) is 0.755. The lowest BCUT2D eigenvalue weighted by molar-refractivity contribution is 0.169. The molecule has 0 bridgehead atoms. The maximum absolute atomic E-state index is 9.03. The summed E-state index contributed by atoms with van der Waals surface area (Å²) in [6.07, 6.45) is 0. The first-order valence-electron chi connectivity index (χ1n) is 6.37. The predicted molar refractivity (Wildman–Crippen MR) is 72.6 cm³/mol. The summed E-state index contributed by atoms with van der Waals surface area (Å²) in [7, 11) is 2.16. The van der Waals surface area contributed by atoms with Gasteiger partial charge in [-0.2, -0.15) is 5.26 Å². The monoisotopic (exact) mass is 244 g/mol. The van der Waals surface area contributed by atoms with E-state index in [1.165, 1.54) is 0 Å². The summed E-state index contributed by atoms with van der Waals surface area (Å²) in [5, 5.41) is 9.03. The molecule has 2 rings (SSSR count). The van der Waals surface area contributed by atoms with Gasteiger partial charge in [0.2, 0.25) is 0 Å². The van der Waals surface area contributed by atoms with E-state index in [2.05, 4.69) is 41.7 Å². The van der Waals surface area contributed by atoms with Gasteiger partial charge in [-0.25, -0.2) is 4.98 Å². The van der Waals surface area contributed by atoms with Crippen LogP contribution in [0.5, 0.6) is 0 Å². The number of rotatable bonds is 1. The van der Waals surface area contributed by atoms with E-state index in [1.54, 1.807) is 0 Å². The van der Waals surface area contributed by atoms with Crippen LogP contribution in [0, 0.1) is 18.3 Å². The van der Waals surface area contributed by atoms with Gasteiger partial charge in [0.05, 0.1) is 11.6 Å². The molecule has 1 saturated heterocycles. The van der Waals surface area contributed by atoms with Gasteiger partial charge in [-0.1, -0.05) is 0 Å². The van der Waals surface area contributed by atoms with Crippen molar-refractivity contribution < 1.29 is 0 Å². The molecule has 0 aliphatic carbocycles. The van der Waals surface area contributed by atoms with Crippen molar-refractivity contribution in [3.8, 4) is 6.07 Å². The first-order chi connectivity index (χ1) is 8.51. The van der Waals surface area contributed by atoms with E-state index in [4.69, 9.17) is 5.26 Å². The molecule has 0 saturated carbocycles. The number of aryl methyl sites for hydroxylation is 1. The van der Waals surface area contributed by atoms with Gasteiger partial charge in [0.25, 0.3) is 0 Å². The van der Waals surface area contributed by atoms with Crippen LogP contribution < -0.4 is 4.90 Å². The third-order valence-corrected chi connectivity index (χ3v) is 3.75. The normalized spacial score (nSPS) is 24.9. The Morgan fingerprint density at radius 3 is 2.44 bits per heavy atom. The van der Waals surface area contributed by atoms with Gasteiger partial charge < -0.3 is 4.90 Å². The molecule has 0 aromatic carbocycles. The number of likely N-dealkylation sites (N-methyl/N-ethyl adjacent to an activating group) is 1. The Kier molecular flexibility index (Phi) is 3.53. The highest BCUT2D eigenvalue weighted by atomic mass is 15.3. The maximum atomic E-state index is 9.03. The van der Waals surface area contributed by atoms with E-state index >= 15 is 0 Å². The number of piperazine rings is 1. The van der Waals surface area contributed by atoms with E-state index in [-0.39, 0.29) is 0 Å². The predicted octanol–water partition coefficient (Wildman–Crippen LogP) is 1.79. The summed E-state index contributed by atoms with van der Waals surface area (Å²) < 4.78 is 0.